The van der Waals surface area contributed by atoms with Crippen LogP contribution >= 0.6 is 12.4 Å². The molecule has 1 saturated heterocycles. The summed E-state index contributed by atoms with van der Waals surface area (Å²) in [7, 11) is 0. The Morgan fingerprint density at radius 1 is 1.29 bits per heavy atom. The molecule has 0 bridgehead atoms. The van der Waals surface area contributed by atoms with Crippen molar-refractivity contribution in [2.24, 2.45) is 5.73 Å². The van der Waals surface area contributed by atoms with Gasteiger partial charge in [0.25, 0.3) is 5.91 Å². The van der Waals surface area contributed by atoms with Crippen molar-refractivity contribution >= 4 is 24.2 Å². The fraction of sp³-hybridized carbons (Fsp3) is 0.474. The lowest BCUT2D eigenvalue weighted by molar-refractivity contribution is -0.133. The van der Waals surface area contributed by atoms with Gasteiger partial charge in [0, 0.05) is 38.6 Å². The van der Waals surface area contributed by atoms with Crippen LogP contribution in [-0.2, 0) is 17.9 Å². The quantitative estimate of drug-likeness (QED) is 0.780. The molecule has 0 aliphatic carbocycles. The Bertz CT molecular complexity index is 782. The zero-order valence-corrected chi connectivity index (χ0v) is 16.8. The average molecular weight is 407 g/mol. The van der Waals surface area contributed by atoms with Gasteiger partial charge in [-0.05, 0) is 12.0 Å². The third-order valence-electron chi connectivity index (χ3n) is 4.86. The van der Waals surface area contributed by atoms with Crippen LogP contribution < -0.4 is 5.73 Å². The van der Waals surface area contributed by atoms with Gasteiger partial charge in [-0.3, -0.25) is 14.3 Å². The second-order valence-corrected chi connectivity index (χ2v) is 6.73. The fourth-order valence-electron chi connectivity index (χ4n) is 3.35. The first-order chi connectivity index (χ1) is 13.1. The number of carbonyl (C=O) groups excluding carboxylic acids is 2. The summed E-state index contributed by atoms with van der Waals surface area (Å²) in [5, 5.41) is 7.90. The molecule has 9 heteroatoms. The Balaban J connectivity index is 0.00000280. The third kappa shape index (κ3) is 5.08. The Hall–Kier alpha value is -2.45. The van der Waals surface area contributed by atoms with Crippen LogP contribution in [0.1, 0.15) is 35.8 Å². The van der Waals surface area contributed by atoms with Gasteiger partial charge in [-0.1, -0.05) is 42.5 Å². The summed E-state index contributed by atoms with van der Waals surface area (Å²) in [6.45, 7) is 4.44. The molecule has 2 aromatic rings. The first-order valence-corrected chi connectivity index (χ1v) is 9.35. The smallest absolute Gasteiger partial charge is 0.276 e. The zero-order valence-electron chi connectivity index (χ0n) is 16.0. The summed E-state index contributed by atoms with van der Waals surface area (Å²) in [5.41, 5.74) is 6.90. The van der Waals surface area contributed by atoms with Crippen LogP contribution in [0.15, 0.2) is 36.5 Å². The summed E-state index contributed by atoms with van der Waals surface area (Å²) in [5.74, 6) is -0.112. The molecular weight excluding hydrogens is 380 g/mol. The molecule has 1 aliphatic rings. The number of nitrogens with zero attached hydrogens (tertiary/aromatic N) is 5. The van der Waals surface area contributed by atoms with Crippen molar-refractivity contribution in [3.63, 3.8) is 0 Å². The minimum absolute atomic E-state index is 0. The molecule has 1 aromatic carbocycles. The minimum Gasteiger partial charge on any atom is -0.335 e. The van der Waals surface area contributed by atoms with Crippen LogP contribution in [0.3, 0.4) is 0 Å². The molecule has 1 atom stereocenters. The zero-order chi connectivity index (χ0) is 19.2. The normalized spacial score (nSPS) is 17.2. The Morgan fingerprint density at radius 3 is 2.71 bits per heavy atom. The minimum atomic E-state index is -0.189. The number of nitrogens with two attached hydrogens (primary N) is 1. The van der Waals surface area contributed by atoms with Crippen LogP contribution in [0.5, 0.6) is 0 Å². The molecule has 0 radical (unpaired) electrons. The van der Waals surface area contributed by atoms with E-state index < -0.39 is 0 Å². The Labute approximate surface area is 171 Å². The van der Waals surface area contributed by atoms with Crippen LogP contribution in [0, 0.1) is 0 Å². The number of hydrogen-bond acceptors (Lipinski definition) is 5. The van der Waals surface area contributed by atoms with Crippen molar-refractivity contribution in [2.75, 3.05) is 19.6 Å². The highest BCUT2D eigenvalue weighted by molar-refractivity contribution is 5.92. The van der Waals surface area contributed by atoms with E-state index in [1.165, 1.54) is 0 Å². The molecule has 1 aliphatic heterocycles. The van der Waals surface area contributed by atoms with Crippen molar-refractivity contribution in [3.05, 3.63) is 47.8 Å². The molecular formula is C19H27ClN6O2. The maximum absolute atomic E-state index is 12.9. The first-order valence-electron chi connectivity index (χ1n) is 9.35. The van der Waals surface area contributed by atoms with Gasteiger partial charge >= 0.3 is 0 Å². The molecule has 1 unspecified atom stereocenters. The molecule has 0 spiro atoms. The summed E-state index contributed by atoms with van der Waals surface area (Å²) in [4.78, 5) is 29.2. The van der Waals surface area contributed by atoms with E-state index >= 15 is 0 Å². The highest BCUT2D eigenvalue weighted by Crippen LogP contribution is 2.19. The van der Waals surface area contributed by atoms with Crippen molar-refractivity contribution in [1.29, 1.82) is 0 Å². The van der Waals surface area contributed by atoms with Crippen molar-refractivity contribution in [2.45, 2.75) is 38.9 Å². The second-order valence-electron chi connectivity index (χ2n) is 6.73. The number of rotatable bonds is 6. The van der Waals surface area contributed by atoms with Gasteiger partial charge in [-0.2, -0.15) is 0 Å². The molecule has 8 nitrogen and oxygen atoms in total. The first kappa shape index (κ1) is 21.8. The number of aromatic nitrogens is 3. The fourth-order valence-corrected chi connectivity index (χ4v) is 3.35. The molecule has 1 aromatic heterocycles. The Morgan fingerprint density at radius 2 is 2.04 bits per heavy atom. The van der Waals surface area contributed by atoms with E-state index in [0.717, 1.165) is 12.0 Å². The van der Waals surface area contributed by atoms with Crippen LogP contribution in [0.4, 0.5) is 0 Å². The SMILES string of the molecule is CCC1CN(C(=O)c2cn(CCN)nn2)CCC(=O)N1Cc1ccccc1.Cl. The predicted molar refractivity (Wildman–Crippen MR) is 108 cm³/mol. The van der Waals surface area contributed by atoms with Gasteiger partial charge in [0.15, 0.2) is 5.69 Å². The van der Waals surface area contributed by atoms with Gasteiger partial charge in [-0.15, -0.1) is 17.5 Å². The lowest BCUT2D eigenvalue weighted by Gasteiger charge is -2.31. The molecule has 2 amide bonds. The number of benzene rings is 1. The van der Waals surface area contributed by atoms with E-state index in [0.29, 0.717) is 44.8 Å². The molecule has 152 valence electrons. The highest BCUT2D eigenvalue weighted by atomic mass is 35.5. The predicted octanol–water partition coefficient (Wildman–Crippen LogP) is 1.31. The molecule has 1 fully saturated rings. The second kappa shape index (κ2) is 10.2. The van der Waals surface area contributed by atoms with E-state index in [-0.39, 0.29) is 30.3 Å². The largest absolute Gasteiger partial charge is 0.335 e. The van der Waals surface area contributed by atoms with E-state index in [1.54, 1.807) is 15.8 Å². The van der Waals surface area contributed by atoms with Crippen LogP contribution in [0.25, 0.3) is 0 Å². The van der Waals surface area contributed by atoms with Crippen molar-refractivity contribution < 1.29 is 9.59 Å². The summed E-state index contributed by atoms with van der Waals surface area (Å²) < 4.78 is 1.56. The average Bonchev–Trinajstić information content (AvgIpc) is 3.09. The van der Waals surface area contributed by atoms with Gasteiger partial charge in [-0.25, -0.2) is 0 Å². The third-order valence-corrected chi connectivity index (χ3v) is 4.86. The van der Waals surface area contributed by atoms with Crippen LogP contribution in [0.2, 0.25) is 0 Å². The number of carbonyl (C=O) groups is 2. The summed E-state index contributed by atoms with van der Waals surface area (Å²) >= 11 is 0. The summed E-state index contributed by atoms with van der Waals surface area (Å²) in [6, 6.07) is 9.91. The molecule has 0 saturated carbocycles. The molecule has 2 N–H and O–H groups in total. The van der Waals surface area contributed by atoms with Crippen molar-refractivity contribution in [1.82, 2.24) is 24.8 Å². The number of amides is 2. The van der Waals surface area contributed by atoms with Crippen LogP contribution in [-0.4, -0.2) is 62.3 Å². The number of hydrogen-bond donors (Lipinski definition) is 1. The maximum Gasteiger partial charge on any atom is 0.276 e. The van der Waals surface area contributed by atoms with Gasteiger partial charge in [0.2, 0.25) is 5.91 Å². The molecule has 2 heterocycles. The standard InChI is InChI=1S/C19H26N6O2.ClH/c1-2-16-13-23(19(27)17-14-24(11-9-20)22-21-17)10-8-18(26)25(16)12-15-6-4-3-5-7-15;/h3-7,14,16H,2,8-13,20H2,1H3;1H. The lowest BCUT2D eigenvalue weighted by Crippen LogP contribution is -2.43. The topological polar surface area (TPSA) is 97.4 Å². The monoisotopic (exact) mass is 406 g/mol. The molecule has 28 heavy (non-hydrogen) atoms. The number of halogens is 1. The maximum atomic E-state index is 12.9. The summed E-state index contributed by atoms with van der Waals surface area (Å²) in [6.07, 6.45) is 2.71. The van der Waals surface area contributed by atoms with Gasteiger partial charge in [0.05, 0.1) is 12.7 Å². The van der Waals surface area contributed by atoms with E-state index in [1.807, 2.05) is 42.2 Å². The van der Waals surface area contributed by atoms with Gasteiger partial charge < -0.3 is 15.5 Å². The molecule has 3 rings (SSSR count). The van der Waals surface area contributed by atoms with E-state index in [9.17, 15) is 9.59 Å². The lowest BCUT2D eigenvalue weighted by atomic mass is 10.1. The van der Waals surface area contributed by atoms with Gasteiger partial charge in [0.1, 0.15) is 0 Å². The van der Waals surface area contributed by atoms with Crippen molar-refractivity contribution in [3.8, 4) is 0 Å². The highest BCUT2D eigenvalue weighted by Gasteiger charge is 2.31. The Kier molecular flexibility index (Phi) is 7.95. The van der Waals surface area contributed by atoms with E-state index in [2.05, 4.69) is 10.3 Å². The van der Waals surface area contributed by atoms with E-state index in [4.69, 9.17) is 5.73 Å².